The average Bonchev–Trinajstić information content (AvgIpc) is 2.46. The lowest BCUT2D eigenvalue weighted by Gasteiger charge is -2.02. The second-order valence-electron chi connectivity index (χ2n) is 2.67. The minimum absolute atomic E-state index is 0.626. The number of aromatic nitrogens is 4. The Kier molecular flexibility index (Phi) is 1.43. The van der Waals surface area contributed by atoms with Gasteiger partial charge in [-0.1, -0.05) is 0 Å². The summed E-state index contributed by atoms with van der Waals surface area (Å²) in [6, 6.07) is 1.82. The van der Waals surface area contributed by atoms with Crippen molar-refractivity contribution in [1.29, 1.82) is 0 Å². The summed E-state index contributed by atoms with van der Waals surface area (Å²) in [7, 11) is 3.80. The topological polar surface area (TPSA) is 46.3 Å². The first kappa shape index (κ1) is 7.02. The molecule has 2 aromatic heterocycles. The zero-order valence-corrected chi connectivity index (χ0v) is 6.97. The van der Waals surface area contributed by atoms with Crippen LogP contribution in [0.5, 0.6) is 0 Å². The van der Waals surface area contributed by atoms with Gasteiger partial charge in [-0.3, -0.25) is 0 Å². The number of nitrogens with zero attached hydrogens (tertiary/aromatic N) is 5. The minimum atomic E-state index is 0.626. The quantitative estimate of drug-likeness (QED) is 0.602. The highest BCUT2D eigenvalue weighted by atomic mass is 15.4. The molecule has 0 atom stereocenters. The Morgan fingerprint density at radius 3 is 2.92 bits per heavy atom. The molecule has 5 nitrogen and oxygen atoms in total. The van der Waals surface area contributed by atoms with Gasteiger partial charge >= 0.3 is 0 Å². The fraction of sp³-hybridized carbons (Fsp3) is 0.286. The van der Waals surface area contributed by atoms with E-state index >= 15 is 0 Å². The first-order valence-electron chi connectivity index (χ1n) is 3.62. The molecule has 0 aromatic carbocycles. The molecule has 0 saturated carbocycles. The number of fused-ring (bicyclic) bond motifs is 1. The Bertz CT molecular complexity index is 358. The third-order valence-corrected chi connectivity index (χ3v) is 1.51. The lowest BCUT2D eigenvalue weighted by molar-refractivity contribution is 0.915. The molecule has 0 bridgehead atoms. The van der Waals surface area contributed by atoms with E-state index in [4.69, 9.17) is 0 Å². The second kappa shape index (κ2) is 2.44. The van der Waals surface area contributed by atoms with E-state index in [0.29, 0.717) is 11.7 Å². The van der Waals surface area contributed by atoms with Crippen LogP contribution in [0, 0.1) is 0 Å². The Labute approximate surface area is 69.7 Å². The van der Waals surface area contributed by atoms with Crippen molar-refractivity contribution in [2.24, 2.45) is 0 Å². The molecular weight excluding hydrogens is 154 g/mol. The fourth-order valence-corrected chi connectivity index (χ4v) is 0.911. The Hall–Kier alpha value is -1.65. The first-order valence-corrected chi connectivity index (χ1v) is 3.62. The van der Waals surface area contributed by atoms with E-state index in [1.807, 2.05) is 31.3 Å². The van der Waals surface area contributed by atoms with Crippen molar-refractivity contribution in [3.05, 3.63) is 18.5 Å². The van der Waals surface area contributed by atoms with Crippen LogP contribution in [-0.2, 0) is 0 Å². The molecule has 62 valence electrons. The molecule has 2 aromatic rings. The number of hydrogen-bond donors (Lipinski definition) is 0. The van der Waals surface area contributed by atoms with Gasteiger partial charge in [0.05, 0.1) is 0 Å². The third-order valence-electron chi connectivity index (χ3n) is 1.51. The molecule has 0 spiro atoms. The highest BCUT2D eigenvalue weighted by Gasteiger charge is 2.03. The van der Waals surface area contributed by atoms with Crippen LogP contribution in [0.15, 0.2) is 18.5 Å². The van der Waals surface area contributed by atoms with Crippen LogP contribution in [0.2, 0.25) is 0 Å². The van der Waals surface area contributed by atoms with E-state index in [1.54, 1.807) is 10.7 Å². The van der Waals surface area contributed by atoms with Gasteiger partial charge < -0.3 is 4.90 Å². The summed E-state index contributed by atoms with van der Waals surface area (Å²) in [4.78, 5) is 10.1. The smallest absolute Gasteiger partial charge is 0.253 e. The molecule has 0 unspecified atom stereocenters. The molecule has 12 heavy (non-hydrogen) atoms. The van der Waals surface area contributed by atoms with E-state index in [1.165, 1.54) is 0 Å². The zero-order chi connectivity index (χ0) is 8.55. The lowest BCUT2D eigenvalue weighted by atomic mass is 10.7. The number of rotatable bonds is 1. The Morgan fingerprint density at radius 1 is 1.42 bits per heavy atom. The molecule has 0 aliphatic heterocycles. The standard InChI is InChI=1S/C7H9N5/c1-11(2)7-9-6-8-4-3-5-12(6)10-7/h3-5H,1-2H3. The SMILES string of the molecule is CN(C)c1nc2ncccn2n1. The largest absolute Gasteiger partial charge is 0.346 e. The second-order valence-corrected chi connectivity index (χ2v) is 2.67. The maximum absolute atomic E-state index is 4.18. The van der Waals surface area contributed by atoms with Gasteiger partial charge in [0.2, 0.25) is 5.95 Å². The molecule has 0 saturated heterocycles. The third kappa shape index (κ3) is 0.990. The monoisotopic (exact) mass is 163 g/mol. The van der Waals surface area contributed by atoms with Crippen molar-refractivity contribution in [2.45, 2.75) is 0 Å². The van der Waals surface area contributed by atoms with E-state index < -0.39 is 0 Å². The van der Waals surface area contributed by atoms with Crippen molar-refractivity contribution in [2.75, 3.05) is 19.0 Å². The minimum Gasteiger partial charge on any atom is -0.346 e. The van der Waals surface area contributed by atoms with E-state index in [0.717, 1.165) is 0 Å². The Morgan fingerprint density at radius 2 is 2.25 bits per heavy atom. The van der Waals surface area contributed by atoms with Crippen molar-refractivity contribution in [1.82, 2.24) is 19.6 Å². The molecule has 0 N–H and O–H groups in total. The summed E-state index contributed by atoms with van der Waals surface area (Å²) < 4.78 is 1.65. The van der Waals surface area contributed by atoms with Gasteiger partial charge in [0.1, 0.15) is 0 Å². The Balaban J connectivity index is 2.62. The van der Waals surface area contributed by atoms with Gasteiger partial charge in [-0.25, -0.2) is 9.50 Å². The predicted molar refractivity (Wildman–Crippen MR) is 45.1 cm³/mol. The molecular formula is C7H9N5. The van der Waals surface area contributed by atoms with Gasteiger partial charge in [-0.2, -0.15) is 4.98 Å². The van der Waals surface area contributed by atoms with Gasteiger partial charge in [0.25, 0.3) is 5.78 Å². The van der Waals surface area contributed by atoms with Gasteiger partial charge in [0.15, 0.2) is 0 Å². The van der Waals surface area contributed by atoms with Crippen molar-refractivity contribution in [3.8, 4) is 0 Å². The molecule has 0 aliphatic carbocycles. The summed E-state index contributed by atoms with van der Waals surface area (Å²) in [6.45, 7) is 0. The van der Waals surface area contributed by atoms with E-state index in [-0.39, 0.29) is 0 Å². The van der Waals surface area contributed by atoms with Gasteiger partial charge in [0, 0.05) is 26.5 Å². The average molecular weight is 163 g/mol. The summed E-state index contributed by atoms with van der Waals surface area (Å²) in [5, 5.41) is 4.18. The van der Waals surface area contributed by atoms with Crippen LogP contribution < -0.4 is 4.90 Å². The van der Waals surface area contributed by atoms with Crippen LogP contribution >= 0.6 is 0 Å². The van der Waals surface area contributed by atoms with E-state index in [2.05, 4.69) is 15.1 Å². The number of anilines is 1. The summed E-state index contributed by atoms with van der Waals surface area (Å²) in [5.41, 5.74) is 0. The lowest BCUT2D eigenvalue weighted by Crippen LogP contribution is -2.10. The van der Waals surface area contributed by atoms with Crippen LogP contribution in [0.25, 0.3) is 5.78 Å². The zero-order valence-electron chi connectivity index (χ0n) is 6.97. The van der Waals surface area contributed by atoms with Crippen LogP contribution in [0.1, 0.15) is 0 Å². The highest BCUT2D eigenvalue weighted by Crippen LogP contribution is 2.03. The molecule has 2 heterocycles. The molecule has 0 fully saturated rings. The maximum Gasteiger partial charge on any atom is 0.253 e. The molecule has 0 amide bonds. The van der Waals surface area contributed by atoms with Crippen molar-refractivity contribution in [3.63, 3.8) is 0 Å². The number of hydrogen-bond acceptors (Lipinski definition) is 4. The summed E-state index contributed by atoms with van der Waals surface area (Å²) in [6.07, 6.45) is 3.52. The fourth-order valence-electron chi connectivity index (χ4n) is 0.911. The van der Waals surface area contributed by atoms with Crippen molar-refractivity contribution >= 4 is 11.7 Å². The normalized spacial score (nSPS) is 10.5. The predicted octanol–water partition coefficient (Wildman–Crippen LogP) is 0.190. The summed E-state index contributed by atoms with van der Waals surface area (Å²) >= 11 is 0. The van der Waals surface area contributed by atoms with Crippen LogP contribution in [0.3, 0.4) is 0 Å². The summed E-state index contributed by atoms with van der Waals surface area (Å²) in [5.74, 6) is 1.30. The van der Waals surface area contributed by atoms with Gasteiger partial charge in [-0.15, -0.1) is 5.10 Å². The molecule has 0 radical (unpaired) electrons. The first-order chi connectivity index (χ1) is 5.77. The van der Waals surface area contributed by atoms with Crippen LogP contribution in [-0.4, -0.2) is 33.7 Å². The highest BCUT2D eigenvalue weighted by molar-refractivity contribution is 5.36. The van der Waals surface area contributed by atoms with Crippen LogP contribution in [0.4, 0.5) is 5.95 Å². The molecule has 2 rings (SSSR count). The van der Waals surface area contributed by atoms with Gasteiger partial charge in [-0.05, 0) is 6.07 Å². The van der Waals surface area contributed by atoms with Crippen molar-refractivity contribution < 1.29 is 0 Å². The maximum atomic E-state index is 4.18. The molecule has 5 heteroatoms. The molecule has 0 aliphatic rings. The van der Waals surface area contributed by atoms with E-state index in [9.17, 15) is 0 Å².